The fraction of sp³-hybridized carbons (Fsp3) is 0.500. The van der Waals surface area contributed by atoms with E-state index >= 15 is 0 Å². The van der Waals surface area contributed by atoms with Crippen LogP contribution < -0.4 is 0 Å². The van der Waals surface area contributed by atoms with Crippen LogP contribution in [0, 0.1) is 13.8 Å². The van der Waals surface area contributed by atoms with Crippen molar-refractivity contribution < 1.29 is 5.11 Å². The van der Waals surface area contributed by atoms with Gasteiger partial charge in [0.25, 0.3) is 0 Å². The van der Waals surface area contributed by atoms with Crippen LogP contribution in [-0.2, 0) is 13.0 Å². The summed E-state index contributed by atoms with van der Waals surface area (Å²) in [5, 5.41) is 15.0. The zero-order chi connectivity index (χ0) is 15.6. The van der Waals surface area contributed by atoms with Crippen molar-refractivity contribution in [1.82, 2.24) is 9.78 Å². The van der Waals surface area contributed by atoms with Crippen LogP contribution in [0.3, 0.4) is 0 Å². The molecule has 3 nitrogen and oxygen atoms in total. The molecule has 0 bridgehead atoms. The van der Waals surface area contributed by atoms with Crippen molar-refractivity contribution in [3.8, 4) is 0 Å². The van der Waals surface area contributed by atoms with Crippen LogP contribution >= 0.6 is 0 Å². The van der Waals surface area contributed by atoms with Gasteiger partial charge in [-0.15, -0.1) is 0 Å². The lowest BCUT2D eigenvalue weighted by atomic mass is 10.00. The van der Waals surface area contributed by atoms with Crippen LogP contribution in [-0.4, -0.2) is 14.9 Å². The number of aryl methyl sites for hydroxylation is 1. The number of nitrogens with zero attached hydrogens (tertiary/aromatic N) is 2. The van der Waals surface area contributed by atoms with Crippen LogP contribution in [0.1, 0.15) is 60.9 Å². The molecule has 2 rings (SSSR count). The minimum atomic E-state index is -0.520. The molecular formula is C18H26N2O. The Morgan fingerprint density at radius 1 is 1.10 bits per heavy atom. The summed E-state index contributed by atoms with van der Waals surface area (Å²) in [6, 6.07) is 8.24. The lowest BCUT2D eigenvalue weighted by molar-refractivity contribution is 0.150. The van der Waals surface area contributed by atoms with Gasteiger partial charge in [-0.25, -0.2) is 0 Å². The Labute approximate surface area is 127 Å². The van der Waals surface area contributed by atoms with E-state index in [-0.39, 0.29) is 0 Å². The summed E-state index contributed by atoms with van der Waals surface area (Å²) in [5.74, 6) is 0.513. The van der Waals surface area contributed by atoms with Gasteiger partial charge in [-0.2, -0.15) is 5.10 Å². The molecule has 0 aliphatic carbocycles. The monoisotopic (exact) mass is 286 g/mol. The van der Waals surface area contributed by atoms with Gasteiger partial charge < -0.3 is 5.11 Å². The maximum absolute atomic E-state index is 10.4. The van der Waals surface area contributed by atoms with Crippen LogP contribution in [0.15, 0.2) is 24.3 Å². The average Bonchev–Trinajstić information content (AvgIpc) is 2.73. The van der Waals surface area contributed by atoms with E-state index in [9.17, 15) is 5.11 Å². The standard InChI is InChI=1S/C18H26N2O/c1-6-17-13(4)19-20(14(17)5)11-18(21)16-9-7-15(8-10-16)12(2)3/h7-10,12,18,21H,6,11H2,1-5H3. The van der Waals surface area contributed by atoms with Crippen molar-refractivity contribution in [2.45, 2.75) is 59.6 Å². The van der Waals surface area contributed by atoms with E-state index in [2.05, 4.69) is 44.9 Å². The number of aliphatic hydroxyl groups excluding tert-OH is 1. The molecule has 0 saturated heterocycles. The molecule has 1 N–H and O–H groups in total. The number of aliphatic hydroxyl groups is 1. The summed E-state index contributed by atoms with van der Waals surface area (Å²) >= 11 is 0. The minimum absolute atomic E-state index is 0.508. The smallest absolute Gasteiger partial charge is 0.0985 e. The lowest BCUT2D eigenvalue weighted by Gasteiger charge is -2.14. The van der Waals surface area contributed by atoms with Gasteiger partial charge in [0, 0.05) is 5.69 Å². The molecular weight excluding hydrogens is 260 g/mol. The number of hydrogen-bond donors (Lipinski definition) is 1. The van der Waals surface area contributed by atoms with Crippen molar-refractivity contribution in [2.75, 3.05) is 0 Å². The Morgan fingerprint density at radius 3 is 2.14 bits per heavy atom. The number of benzene rings is 1. The second-order valence-electron chi connectivity index (χ2n) is 6.02. The Hall–Kier alpha value is -1.61. The van der Waals surface area contributed by atoms with Gasteiger partial charge in [0.15, 0.2) is 0 Å². The molecule has 1 aromatic carbocycles. The largest absolute Gasteiger partial charge is 0.386 e. The molecule has 0 saturated carbocycles. The molecule has 114 valence electrons. The summed E-state index contributed by atoms with van der Waals surface area (Å²) < 4.78 is 1.93. The van der Waals surface area contributed by atoms with Crippen molar-refractivity contribution in [2.24, 2.45) is 0 Å². The van der Waals surface area contributed by atoms with Crippen LogP contribution in [0.4, 0.5) is 0 Å². The van der Waals surface area contributed by atoms with Gasteiger partial charge in [-0.1, -0.05) is 45.0 Å². The SMILES string of the molecule is CCc1c(C)nn(CC(O)c2ccc(C(C)C)cc2)c1C. The third-order valence-corrected chi connectivity index (χ3v) is 4.22. The van der Waals surface area contributed by atoms with Crippen LogP contribution in [0.2, 0.25) is 0 Å². The van der Waals surface area contributed by atoms with Crippen molar-refractivity contribution >= 4 is 0 Å². The van der Waals surface area contributed by atoms with E-state index in [0.29, 0.717) is 12.5 Å². The number of hydrogen-bond acceptors (Lipinski definition) is 2. The van der Waals surface area contributed by atoms with Gasteiger partial charge in [0.05, 0.1) is 18.3 Å². The van der Waals surface area contributed by atoms with Gasteiger partial charge in [-0.05, 0) is 42.9 Å². The predicted octanol–water partition coefficient (Wildman–Crippen LogP) is 3.92. The van der Waals surface area contributed by atoms with E-state index < -0.39 is 6.10 Å². The van der Waals surface area contributed by atoms with E-state index in [1.165, 1.54) is 11.1 Å². The summed E-state index contributed by atoms with van der Waals surface area (Å²) in [5.41, 5.74) is 5.76. The normalized spacial score (nSPS) is 12.9. The highest BCUT2D eigenvalue weighted by Crippen LogP contribution is 2.21. The molecule has 2 aromatic rings. The zero-order valence-electron chi connectivity index (χ0n) is 13.7. The Balaban J connectivity index is 2.16. The fourth-order valence-electron chi connectivity index (χ4n) is 2.80. The topological polar surface area (TPSA) is 38.0 Å². The molecule has 0 aliphatic rings. The van der Waals surface area contributed by atoms with Crippen molar-refractivity contribution in [3.05, 3.63) is 52.3 Å². The zero-order valence-corrected chi connectivity index (χ0v) is 13.7. The second-order valence-corrected chi connectivity index (χ2v) is 6.02. The van der Waals surface area contributed by atoms with Gasteiger partial charge in [0.2, 0.25) is 0 Å². The molecule has 0 radical (unpaired) electrons. The molecule has 3 heteroatoms. The minimum Gasteiger partial charge on any atom is -0.386 e. The molecule has 0 amide bonds. The Bertz CT molecular complexity index is 596. The summed E-state index contributed by atoms with van der Waals surface area (Å²) in [6.07, 6.45) is 0.463. The highest BCUT2D eigenvalue weighted by molar-refractivity contribution is 5.27. The van der Waals surface area contributed by atoms with E-state index in [1.807, 2.05) is 23.7 Å². The fourth-order valence-corrected chi connectivity index (χ4v) is 2.80. The first kappa shape index (κ1) is 15.8. The molecule has 0 spiro atoms. The Kier molecular flexibility index (Phi) is 4.84. The van der Waals surface area contributed by atoms with E-state index in [4.69, 9.17) is 0 Å². The average molecular weight is 286 g/mol. The first-order valence-corrected chi connectivity index (χ1v) is 7.74. The third-order valence-electron chi connectivity index (χ3n) is 4.22. The first-order chi connectivity index (χ1) is 9.93. The van der Waals surface area contributed by atoms with E-state index in [1.54, 1.807) is 0 Å². The first-order valence-electron chi connectivity index (χ1n) is 7.74. The highest BCUT2D eigenvalue weighted by Gasteiger charge is 2.14. The van der Waals surface area contributed by atoms with E-state index in [0.717, 1.165) is 23.4 Å². The molecule has 1 atom stereocenters. The molecule has 21 heavy (non-hydrogen) atoms. The summed E-state index contributed by atoms with van der Waals surface area (Å²) in [6.45, 7) is 11.1. The van der Waals surface area contributed by atoms with Gasteiger partial charge >= 0.3 is 0 Å². The second kappa shape index (κ2) is 6.44. The number of rotatable bonds is 5. The molecule has 1 unspecified atom stereocenters. The Morgan fingerprint density at radius 2 is 1.67 bits per heavy atom. The summed E-state index contributed by atoms with van der Waals surface area (Å²) in [7, 11) is 0. The maximum Gasteiger partial charge on any atom is 0.0985 e. The quantitative estimate of drug-likeness (QED) is 0.904. The predicted molar refractivity (Wildman–Crippen MR) is 86.6 cm³/mol. The molecule has 0 aliphatic heterocycles. The number of aromatic nitrogens is 2. The molecule has 1 heterocycles. The summed E-state index contributed by atoms with van der Waals surface area (Å²) in [4.78, 5) is 0. The van der Waals surface area contributed by atoms with Crippen molar-refractivity contribution in [3.63, 3.8) is 0 Å². The van der Waals surface area contributed by atoms with Gasteiger partial charge in [-0.3, -0.25) is 4.68 Å². The van der Waals surface area contributed by atoms with Gasteiger partial charge in [0.1, 0.15) is 0 Å². The third kappa shape index (κ3) is 3.35. The molecule has 0 fully saturated rings. The highest BCUT2D eigenvalue weighted by atomic mass is 16.3. The van der Waals surface area contributed by atoms with Crippen LogP contribution in [0.5, 0.6) is 0 Å². The maximum atomic E-state index is 10.4. The van der Waals surface area contributed by atoms with Crippen molar-refractivity contribution in [1.29, 1.82) is 0 Å². The lowest BCUT2D eigenvalue weighted by Crippen LogP contribution is -2.11. The van der Waals surface area contributed by atoms with Crippen LogP contribution in [0.25, 0.3) is 0 Å². The molecule has 1 aromatic heterocycles.